The SMILES string of the molecule is Cc1ccc(S(=O)(=O)N(C)CC(=O)NN=C2CCCCC2)cc1. The molecule has 1 amide bonds. The molecule has 1 aromatic rings. The first-order valence-electron chi connectivity index (χ1n) is 7.77. The third kappa shape index (κ3) is 4.87. The molecule has 1 saturated carbocycles. The first-order chi connectivity index (χ1) is 10.9. The van der Waals surface area contributed by atoms with Gasteiger partial charge in [-0.2, -0.15) is 9.41 Å². The van der Waals surface area contributed by atoms with Crippen LogP contribution in [0, 0.1) is 6.92 Å². The van der Waals surface area contributed by atoms with Crippen molar-refractivity contribution in [2.24, 2.45) is 5.10 Å². The van der Waals surface area contributed by atoms with Crippen molar-refractivity contribution >= 4 is 21.6 Å². The summed E-state index contributed by atoms with van der Waals surface area (Å²) in [7, 11) is -2.28. The lowest BCUT2D eigenvalue weighted by Crippen LogP contribution is -2.37. The molecule has 126 valence electrons. The summed E-state index contributed by atoms with van der Waals surface area (Å²) in [5.74, 6) is -0.429. The van der Waals surface area contributed by atoms with E-state index in [0.29, 0.717) is 0 Å². The van der Waals surface area contributed by atoms with Crippen molar-refractivity contribution in [1.82, 2.24) is 9.73 Å². The Labute approximate surface area is 137 Å². The van der Waals surface area contributed by atoms with Crippen LogP contribution in [0.2, 0.25) is 0 Å². The van der Waals surface area contributed by atoms with Crippen LogP contribution in [-0.2, 0) is 14.8 Å². The number of aryl methyl sites for hydroxylation is 1. The molecular weight excluding hydrogens is 314 g/mol. The summed E-state index contributed by atoms with van der Waals surface area (Å²) in [5.41, 5.74) is 4.42. The molecule has 0 aromatic heterocycles. The van der Waals surface area contributed by atoms with Crippen molar-refractivity contribution in [2.45, 2.75) is 43.9 Å². The van der Waals surface area contributed by atoms with Crippen molar-refractivity contribution in [2.75, 3.05) is 13.6 Å². The lowest BCUT2D eigenvalue weighted by atomic mass is 9.99. The minimum Gasteiger partial charge on any atom is -0.272 e. The van der Waals surface area contributed by atoms with Gasteiger partial charge >= 0.3 is 0 Å². The number of nitrogens with one attached hydrogen (secondary N) is 1. The topological polar surface area (TPSA) is 78.8 Å². The van der Waals surface area contributed by atoms with Gasteiger partial charge in [-0.05, 0) is 44.7 Å². The Morgan fingerprint density at radius 1 is 1.17 bits per heavy atom. The molecule has 1 fully saturated rings. The van der Waals surface area contributed by atoms with E-state index < -0.39 is 15.9 Å². The van der Waals surface area contributed by atoms with Crippen LogP contribution >= 0.6 is 0 Å². The Morgan fingerprint density at radius 2 is 1.78 bits per heavy atom. The maximum absolute atomic E-state index is 12.4. The Morgan fingerprint density at radius 3 is 2.39 bits per heavy atom. The number of likely N-dealkylation sites (N-methyl/N-ethyl adjacent to an activating group) is 1. The molecule has 0 atom stereocenters. The summed E-state index contributed by atoms with van der Waals surface area (Å²) in [6.07, 6.45) is 5.19. The maximum Gasteiger partial charge on any atom is 0.255 e. The lowest BCUT2D eigenvalue weighted by Gasteiger charge is -2.17. The zero-order valence-corrected chi connectivity index (χ0v) is 14.4. The van der Waals surface area contributed by atoms with Crippen molar-refractivity contribution in [3.05, 3.63) is 29.8 Å². The quantitative estimate of drug-likeness (QED) is 0.835. The Hall–Kier alpha value is -1.73. The van der Waals surface area contributed by atoms with E-state index in [1.54, 1.807) is 24.3 Å². The molecule has 0 radical (unpaired) electrons. The number of benzene rings is 1. The fourth-order valence-electron chi connectivity index (χ4n) is 2.43. The number of sulfonamides is 1. The highest BCUT2D eigenvalue weighted by atomic mass is 32.2. The Bertz CT molecular complexity index is 673. The number of hydrogen-bond donors (Lipinski definition) is 1. The van der Waals surface area contributed by atoms with Gasteiger partial charge in [0.25, 0.3) is 5.91 Å². The van der Waals surface area contributed by atoms with E-state index in [1.807, 2.05) is 6.92 Å². The predicted octanol–water partition coefficient (Wildman–Crippen LogP) is 2.05. The molecule has 2 rings (SSSR count). The van der Waals surface area contributed by atoms with E-state index in [0.717, 1.165) is 41.3 Å². The third-order valence-corrected chi connectivity index (χ3v) is 5.68. The minimum absolute atomic E-state index is 0.178. The van der Waals surface area contributed by atoms with Crippen LogP contribution in [0.4, 0.5) is 0 Å². The van der Waals surface area contributed by atoms with Crippen LogP contribution in [0.1, 0.15) is 37.7 Å². The number of carbonyl (C=O) groups is 1. The van der Waals surface area contributed by atoms with Gasteiger partial charge in [0, 0.05) is 12.8 Å². The maximum atomic E-state index is 12.4. The van der Waals surface area contributed by atoms with Crippen LogP contribution in [0.3, 0.4) is 0 Å². The van der Waals surface area contributed by atoms with Gasteiger partial charge in [0.05, 0.1) is 11.4 Å². The molecule has 0 spiro atoms. The van der Waals surface area contributed by atoms with Gasteiger partial charge in [-0.3, -0.25) is 4.79 Å². The highest BCUT2D eigenvalue weighted by Crippen LogP contribution is 2.15. The monoisotopic (exact) mass is 337 g/mol. The molecule has 7 heteroatoms. The number of nitrogens with zero attached hydrogens (tertiary/aromatic N) is 2. The van der Waals surface area contributed by atoms with Crippen LogP contribution in [0.15, 0.2) is 34.3 Å². The smallest absolute Gasteiger partial charge is 0.255 e. The first-order valence-corrected chi connectivity index (χ1v) is 9.21. The summed E-state index contributed by atoms with van der Waals surface area (Å²) in [4.78, 5) is 12.1. The van der Waals surface area contributed by atoms with Crippen molar-refractivity contribution < 1.29 is 13.2 Å². The molecule has 0 unspecified atom stereocenters. The average Bonchev–Trinajstić information content (AvgIpc) is 2.54. The normalized spacial score (nSPS) is 15.5. The third-order valence-electron chi connectivity index (χ3n) is 3.86. The zero-order valence-electron chi connectivity index (χ0n) is 13.6. The Kier molecular flexibility index (Phi) is 5.90. The summed E-state index contributed by atoms with van der Waals surface area (Å²) in [6, 6.07) is 6.55. The summed E-state index contributed by atoms with van der Waals surface area (Å²) in [6.45, 7) is 1.63. The summed E-state index contributed by atoms with van der Waals surface area (Å²) in [5, 5.41) is 4.10. The number of carbonyl (C=O) groups excluding carboxylic acids is 1. The molecule has 1 aliphatic rings. The van der Waals surface area contributed by atoms with E-state index in [1.165, 1.54) is 13.5 Å². The molecule has 0 aliphatic heterocycles. The number of rotatable bonds is 5. The molecule has 0 bridgehead atoms. The summed E-state index contributed by atoms with van der Waals surface area (Å²) < 4.78 is 25.8. The highest BCUT2D eigenvalue weighted by molar-refractivity contribution is 7.89. The average molecular weight is 337 g/mol. The molecule has 1 N–H and O–H groups in total. The van der Waals surface area contributed by atoms with Gasteiger partial charge in [-0.15, -0.1) is 0 Å². The molecule has 0 heterocycles. The highest BCUT2D eigenvalue weighted by Gasteiger charge is 2.22. The van der Waals surface area contributed by atoms with Crippen molar-refractivity contribution in [3.8, 4) is 0 Å². The van der Waals surface area contributed by atoms with Gasteiger partial charge < -0.3 is 0 Å². The number of hydrogen-bond acceptors (Lipinski definition) is 4. The van der Waals surface area contributed by atoms with Gasteiger partial charge in [0.1, 0.15) is 0 Å². The minimum atomic E-state index is -3.67. The molecule has 23 heavy (non-hydrogen) atoms. The molecule has 0 saturated heterocycles. The second-order valence-electron chi connectivity index (χ2n) is 5.85. The Balaban J connectivity index is 1.95. The molecule has 1 aromatic carbocycles. The van der Waals surface area contributed by atoms with E-state index >= 15 is 0 Å². The van der Waals surface area contributed by atoms with E-state index in [-0.39, 0.29) is 11.4 Å². The standard InChI is InChI=1S/C16H23N3O3S/c1-13-8-10-15(11-9-13)23(21,22)19(2)12-16(20)18-17-14-6-4-3-5-7-14/h8-11H,3-7,12H2,1-2H3,(H,18,20). The van der Waals surface area contributed by atoms with Gasteiger partial charge in [0.2, 0.25) is 10.0 Å². The number of amides is 1. The zero-order chi connectivity index (χ0) is 16.9. The number of hydrazone groups is 1. The first kappa shape index (κ1) is 17.6. The largest absolute Gasteiger partial charge is 0.272 e. The molecule has 6 nitrogen and oxygen atoms in total. The second kappa shape index (κ2) is 7.70. The van der Waals surface area contributed by atoms with Crippen molar-refractivity contribution in [1.29, 1.82) is 0 Å². The van der Waals surface area contributed by atoms with Gasteiger partial charge in [0.15, 0.2) is 0 Å². The van der Waals surface area contributed by atoms with Crippen LogP contribution in [0.5, 0.6) is 0 Å². The predicted molar refractivity (Wildman–Crippen MR) is 89.7 cm³/mol. The lowest BCUT2D eigenvalue weighted by molar-refractivity contribution is -0.121. The van der Waals surface area contributed by atoms with Crippen LogP contribution in [0.25, 0.3) is 0 Å². The summed E-state index contributed by atoms with van der Waals surface area (Å²) >= 11 is 0. The van der Waals surface area contributed by atoms with Crippen molar-refractivity contribution in [3.63, 3.8) is 0 Å². The van der Waals surface area contributed by atoms with E-state index in [2.05, 4.69) is 10.5 Å². The molecular formula is C16H23N3O3S. The van der Waals surface area contributed by atoms with Crippen LogP contribution in [-0.4, -0.2) is 37.9 Å². The van der Waals surface area contributed by atoms with Gasteiger partial charge in [-0.1, -0.05) is 24.1 Å². The fourth-order valence-corrected chi connectivity index (χ4v) is 3.55. The van der Waals surface area contributed by atoms with E-state index in [9.17, 15) is 13.2 Å². The fraction of sp³-hybridized carbons (Fsp3) is 0.500. The second-order valence-corrected chi connectivity index (χ2v) is 7.89. The van der Waals surface area contributed by atoms with Gasteiger partial charge in [-0.25, -0.2) is 13.8 Å². The van der Waals surface area contributed by atoms with Crippen LogP contribution < -0.4 is 5.43 Å². The van der Waals surface area contributed by atoms with E-state index in [4.69, 9.17) is 0 Å². The molecule has 1 aliphatic carbocycles.